The van der Waals surface area contributed by atoms with Crippen LogP contribution in [-0.2, 0) is 14.3 Å². The first-order valence-corrected chi connectivity index (χ1v) is 10.3. The molecule has 1 aromatic carbocycles. The van der Waals surface area contributed by atoms with Gasteiger partial charge >= 0.3 is 5.97 Å². The number of hydrogen-bond acceptors (Lipinski definition) is 5. The van der Waals surface area contributed by atoms with Gasteiger partial charge < -0.3 is 15.0 Å². The van der Waals surface area contributed by atoms with Crippen molar-refractivity contribution in [1.82, 2.24) is 4.90 Å². The first kappa shape index (κ1) is 20.4. The normalized spacial score (nSPS) is 15.7. The van der Waals surface area contributed by atoms with E-state index in [4.69, 9.17) is 16.3 Å². The van der Waals surface area contributed by atoms with E-state index in [0.29, 0.717) is 41.5 Å². The molecule has 1 fully saturated rings. The van der Waals surface area contributed by atoms with Crippen LogP contribution < -0.4 is 5.32 Å². The third kappa shape index (κ3) is 5.11. The van der Waals surface area contributed by atoms with Gasteiger partial charge in [0.1, 0.15) is 0 Å². The lowest BCUT2D eigenvalue weighted by molar-refractivity contribution is -0.158. The van der Waals surface area contributed by atoms with Gasteiger partial charge in [-0.15, -0.1) is 11.3 Å². The standard InChI is InChI=1S/C20H21ClN2O4S/c1-13(18(24)22-16-6-4-15(21)5-7-16)27-20(26)14-8-10-23(11-9-14)19(25)17-3-2-12-28-17/h2-7,12-14H,8-11H2,1H3,(H,22,24). The number of piperidine rings is 1. The molecule has 0 aliphatic carbocycles. The number of ether oxygens (including phenoxy) is 1. The lowest BCUT2D eigenvalue weighted by Gasteiger charge is -2.31. The molecule has 6 nitrogen and oxygen atoms in total. The van der Waals surface area contributed by atoms with Crippen LogP contribution in [0, 0.1) is 5.92 Å². The molecule has 8 heteroatoms. The summed E-state index contributed by atoms with van der Waals surface area (Å²) in [7, 11) is 0. The zero-order valence-electron chi connectivity index (χ0n) is 15.4. The molecule has 1 N–H and O–H groups in total. The number of thiophene rings is 1. The summed E-state index contributed by atoms with van der Waals surface area (Å²) in [6.45, 7) is 2.54. The largest absolute Gasteiger partial charge is 0.452 e. The number of nitrogens with one attached hydrogen (secondary N) is 1. The summed E-state index contributed by atoms with van der Waals surface area (Å²) in [5, 5.41) is 5.13. The summed E-state index contributed by atoms with van der Waals surface area (Å²) in [4.78, 5) is 39.4. The Labute approximate surface area is 172 Å². The van der Waals surface area contributed by atoms with E-state index >= 15 is 0 Å². The number of anilines is 1. The average Bonchev–Trinajstić information content (AvgIpc) is 3.24. The summed E-state index contributed by atoms with van der Waals surface area (Å²) in [6, 6.07) is 10.3. The average molecular weight is 421 g/mol. The molecule has 2 aromatic rings. The van der Waals surface area contributed by atoms with Gasteiger partial charge in [0, 0.05) is 23.8 Å². The summed E-state index contributed by atoms with van der Waals surface area (Å²) in [5.41, 5.74) is 0.581. The molecule has 28 heavy (non-hydrogen) atoms. The molecular formula is C20H21ClN2O4S. The van der Waals surface area contributed by atoms with Crippen LogP contribution in [0.5, 0.6) is 0 Å². The van der Waals surface area contributed by atoms with Crippen molar-refractivity contribution < 1.29 is 19.1 Å². The van der Waals surface area contributed by atoms with Gasteiger partial charge in [0.05, 0.1) is 10.8 Å². The molecule has 3 rings (SSSR count). The minimum Gasteiger partial charge on any atom is -0.452 e. The Balaban J connectivity index is 1.46. The van der Waals surface area contributed by atoms with Gasteiger partial charge in [-0.05, 0) is 55.5 Å². The van der Waals surface area contributed by atoms with Crippen molar-refractivity contribution in [1.29, 1.82) is 0 Å². The molecule has 0 radical (unpaired) electrons. The first-order valence-electron chi connectivity index (χ1n) is 9.03. The highest BCUT2D eigenvalue weighted by atomic mass is 35.5. The third-order valence-corrected chi connectivity index (χ3v) is 5.73. The van der Waals surface area contributed by atoms with Crippen LogP contribution in [0.15, 0.2) is 41.8 Å². The number of halogens is 1. The van der Waals surface area contributed by atoms with Crippen molar-refractivity contribution in [3.63, 3.8) is 0 Å². The smallest absolute Gasteiger partial charge is 0.309 e. The lowest BCUT2D eigenvalue weighted by atomic mass is 9.97. The molecule has 1 unspecified atom stereocenters. The van der Waals surface area contributed by atoms with Crippen molar-refractivity contribution in [2.45, 2.75) is 25.9 Å². The second-order valence-corrected chi connectivity index (χ2v) is 8.00. The molecule has 2 amide bonds. The second kappa shape index (κ2) is 9.21. The molecule has 1 aliphatic heterocycles. The van der Waals surface area contributed by atoms with Crippen LogP contribution in [0.1, 0.15) is 29.4 Å². The number of esters is 1. The summed E-state index contributed by atoms with van der Waals surface area (Å²) < 4.78 is 5.34. The Morgan fingerprint density at radius 2 is 1.86 bits per heavy atom. The molecule has 1 aromatic heterocycles. The van der Waals surface area contributed by atoms with Crippen molar-refractivity contribution in [2.24, 2.45) is 5.92 Å². The predicted octanol–water partition coefficient (Wildman–Crippen LogP) is 3.82. The van der Waals surface area contributed by atoms with Gasteiger partial charge in [-0.25, -0.2) is 0 Å². The van der Waals surface area contributed by atoms with Crippen LogP contribution in [0.25, 0.3) is 0 Å². The number of likely N-dealkylation sites (tertiary alicyclic amines) is 1. The molecule has 0 saturated carbocycles. The van der Waals surface area contributed by atoms with Crippen LogP contribution >= 0.6 is 22.9 Å². The van der Waals surface area contributed by atoms with Crippen LogP contribution in [0.2, 0.25) is 5.02 Å². The van der Waals surface area contributed by atoms with Crippen LogP contribution in [0.4, 0.5) is 5.69 Å². The molecule has 148 valence electrons. The van der Waals surface area contributed by atoms with Gasteiger partial charge in [0.25, 0.3) is 11.8 Å². The molecule has 2 heterocycles. The van der Waals surface area contributed by atoms with Crippen molar-refractivity contribution >= 4 is 46.4 Å². The molecule has 0 bridgehead atoms. The number of nitrogens with zero attached hydrogens (tertiary/aromatic N) is 1. The van der Waals surface area contributed by atoms with Gasteiger partial charge in [-0.2, -0.15) is 0 Å². The first-order chi connectivity index (χ1) is 13.4. The fourth-order valence-electron chi connectivity index (χ4n) is 2.98. The second-order valence-electron chi connectivity index (χ2n) is 6.62. The van der Waals surface area contributed by atoms with Crippen LogP contribution in [-0.4, -0.2) is 41.9 Å². The number of hydrogen-bond donors (Lipinski definition) is 1. The van der Waals surface area contributed by atoms with E-state index in [0.717, 1.165) is 0 Å². The maximum Gasteiger partial charge on any atom is 0.309 e. The highest BCUT2D eigenvalue weighted by Gasteiger charge is 2.31. The van der Waals surface area contributed by atoms with E-state index in [9.17, 15) is 14.4 Å². The molecule has 1 atom stereocenters. The van der Waals surface area contributed by atoms with Crippen molar-refractivity contribution in [2.75, 3.05) is 18.4 Å². The van der Waals surface area contributed by atoms with E-state index in [1.165, 1.54) is 11.3 Å². The Morgan fingerprint density at radius 3 is 2.46 bits per heavy atom. The fraction of sp³-hybridized carbons (Fsp3) is 0.350. The summed E-state index contributed by atoms with van der Waals surface area (Å²) in [5.74, 6) is -1.11. The predicted molar refractivity (Wildman–Crippen MR) is 109 cm³/mol. The topological polar surface area (TPSA) is 75.7 Å². The summed E-state index contributed by atoms with van der Waals surface area (Å²) >= 11 is 7.23. The summed E-state index contributed by atoms with van der Waals surface area (Å²) in [6.07, 6.45) is 0.150. The Kier molecular flexibility index (Phi) is 6.70. The van der Waals surface area contributed by atoms with Crippen molar-refractivity contribution in [3.8, 4) is 0 Å². The maximum atomic E-state index is 12.4. The van der Waals surface area contributed by atoms with E-state index in [-0.39, 0.29) is 11.8 Å². The number of amides is 2. The maximum absolute atomic E-state index is 12.4. The lowest BCUT2D eigenvalue weighted by Crippen LogP contribution is -2.41. The Bertz CT molecular complexity index is 830. The van der Waals surface area contributed by atoms with Gasteiger partial charge in [-0.1, -0.05) is 17.7 Å². The highest BCUT2D eigenvalue weighted by molar-refractivity contribution is 7.12. The minimum absolute atomic E-state index is 0.00229. The minimum atomic E-state index is -0.908. The number of rotatable bonds is 5. The molecule has 1 aliphatic rings. The zero-order chi connectivity index (χ0) is 20.1. The number of benzene rings is 1. The number of carbonyl (C=O) groups excluding carboxylic acids is 3. The third-order valence-electron chi connectivity index (χ3n) is 4.62. The van der Waals surface area contributed by atoms with Gasteiger partial charge in [-0.3, -0.25) is 14.4 Å². The monoisotopic (exact) mass is 420 g/mol. The van der Waals surface area contributed by atoms with E-state index in [2.05, 4.69) is 5.32 Å². The fourth-order valence-corrected chi connectivity index (χ4v) is 3.79. The van der Waals surface area contributed by atoms with E-state index in [1.807, 2.05) is 11.4 Å². The molecular weight excluding hydrogens is 400 g/mol. The Morgan fingerprint density at radius 1 is 1.18 bits per heavy atom. The number of carbonyl (C=O) groups is 3. The van der Waals surface area contributed by atoms with Crippen molar-refractivity contribution in [3.05, 3.63) is 51.7 Å². The van der Waals surface area contributed by atoms with Crippen LogP contribution in [0.3, 0.4) is 0 Å². The quantitative estimate of drug-likeness (QED) is 0.746. The van der Waals surface area contributed by atoms with Gasteiger partial charge in [0.15, 0.2) is 6.10 Å². The Hall–Kier alpha value is -2.38. The highest BCUT2D eigenvalue weighted by Crippen LogP contribution is 2.22. The molecule has 1 saturated heterocycles. The van der Waals surface area contributed by atoms with Gasteiger partial charge in [0.2, 0.25) is 0 Å². The van der Waals surface area contributed by atoms with E-state index in [1.54, 1.807) is 42.2 Å². The van der Waals surface area contributed by atoms with E-state index < -0.39 is 18.0 Å². The molecule has 0 spiro atoms. The SMILES string of the molecule is CC(OC(=O)C1CCN(C(=O)c2cccs2)CC1)C(=O)Nc1ccc(Cl)cc1. The zero-order valence-corrected chi connectivity index (χ0v) is 17.0.